The van der Waals surface area contributed by atoms with Crippen molar-refractivity contribution in [2.45, 2.75) is 26.7 Å². The van der Waals surface area contributed by atoms with E-state index in [0.717, 1.165) is 20.1 Å². The number of phenols is 1. The fraction of sp³-hybridized carbons (Fsp3) is 0.300. The lowest BCUT2D eigenvalue weighted by Crippen LogP contribution is -2.25. The summed E-state index contributed by atoms with van der Waals surface area (Å²) >= 11 is 10.3. The van der Waals surface area contributed by atoms with Gasteiger partial charge in [-0.15, -0.1) is 0 Å². The summed E-state index contributed by atoms with van der Waals surface area (Å²) < 4.78 is 13.1. The average Bonchev–Trinajstić information content (AvgIpc) is 2.67. The Hall–Kier alpha value is -1.58. The van der Waals surface area contributed by atoms with Crippen molar-refractivity contribution in [3.8, 4) is 17.2 Å². The average molecular weight is 593 g/mol. The molecule has 0 saturated heterocycles. The molecular formula is C20H21Br3N2O4. The number of aromatic hydroxyl groups is 1. The summed E-state index contributed by atoms with van der Waals surface area (Å²) in [5.74, 6) is 0.771. The molecule has 0 heterocycles. The summed E-state index contributed by atoms with van der Waals surface area (Å²) in [5.41, 5.74) is 5.06. The second-order valence-electron chi connectivity index (χ2n) is 6.51. The molecule has 0 aliphatic carbocycles. The summed E-state index contributed by atoms with van der Waals surface area (Å²) in [6, 6.07) is 5.26. The first-order chi connectivity index (χ1) is 13.6. The smallest absolute Gasteiger partial charge is 0.277 e. The molecule has 2 rings (SSSR count). The second-order valence-corrected chi connectivity index (χ2v) is 9.01. The van der Waals surface area contributed by atoms with Gasteiger partial charge in [-0.05, 0) is 79.6 Å². The molecule has 0 saturated carbocycles. The number of hydrogen-bond donors (Lipinski definition) is 2. The van der Waals surface area contributed by atoms with Gasteiger partial charge in [-0.1, -0.05) is 29.8 Å². The van der Waals surface area contributed by atoms with Crippen LogP contribution in [0.2, 0.25) is 0 Å². The molecule has 0 aromatic heterocycles. The molecule has 0 bridgehead atoms. The van der Waals surface area contributed by atoms with Crippen LogP contribution in [-0.2, 0) is 4.79 Å². The molecule has 29 heavy (non-hydrogen) atoms. The number of carbonyl (C=O) groups is 1. The lowest BCUT2D eigenvalue weighted by molar-refractivity contribution is -0.123. The standard InChI is InChI=1S/C20H21Br3N2O4/c1-10(2)13-7-14(21)11(3)18(23)20(13)29-9-17(26)25-24-8-12-5-15(22)19(27)16(6-12)28-4/h5-8,10,27H,9H2,1-4H3,(H,25,26)/b24-8+. The highest BCUT2D eigenvalue weighted by Gasteiger charge is 2.17. The van der Waals surface area contributed by atoms with Crippen molar-refractivity contribution >= 4 is 59.9 Å². The predicted octanol–water partition coefficient (Wildman–Crippen LogP) is 5.65. The quantitative estimate of drug-likeness (QED) is 0.322. The first kappa shape index (κ1) is 23.7. The zero-order chi connectivity index (χ0) is 21.7. The molecule has 6 nitrogen and oxygen atoms in total. The van der Waals surface area contributed by atoms with Gasteiger partial charge in [0.15, 0.2) is 18.1 Å². The molecule has 0 fully saturated rings. The highest BCUT2D eigenvalue weighted by atomic mass is 79.9. The van der Waals surface area contributed by atoms with E-state index in [0.29, 0.717) is 21.5 Å². The van der Waals surface area contributed by atoms with E-state index in [4.69, 9.17) is 9.47 Å². The largest absolute Gasteiger partial charge is 0.503 e. The third-order valence-electron chi connectivity index (χ3n) is 4.07. The number of phenolic OH excluding ortho intramolecular Hbond substituents is 1. The Labute approximate surface area is 195 Å². The van der Waals surface area contributed by atoms with Crippen LogP contribution in [0.15, 0.2) is 36.7 Å². The number of hydrazone groups is 1. The van der Waals surface area contributed by atoms with Crippen LogP contribution in [0.1, 0.15) is 36.5 Å². The van der Waals surface area contributed by atoms with Crippen molar-refractivity contribution in [2.75, 3.05) is 13.7 Å². The molecule has 2 aromatic carbocycles. The maximum absolute atomic E-state index is 12.1. The maximum Gasteiger partial charge on any atom is 0.277 e. The van der Waals surface area contributed by atoms with E-state index < -0.39 is 5.91 Å². The molecule has 156 valence electrons. The van der Waals surface area contributed by atoms with Gasteiger partial charge >= 0.3 is 0 Å². The van der Waals surface area contributed by atoms with Gasteiger partial charge in [0.25, 0.3) is 5.91 Å². The molecule has 0 radical (unpaired) electrons. The van der Waals surface area contributed by atoms with Gasteiger partial charge in [-0.25, -0.2) is 5.43 Å². The van der Waals surface area contributed by atoms with Crippen LogP contribution in [-0.4, -0.2) is 30.9 Å². The molecule has 1 amide bonds. The second kappa shape index (κ2) is 10.4. The summed E-state index contributed by atoms with van der Waals surface area (Å²) in [6.07, 6.45) is 1.45. The fourth-order valence-electron chi connectivity index (χ4n) is 2.46. The van der Waals surface area contributed by atoms with E-state index >= 15 is 0 Å². The van der Waals surface area contributed by atoms with Gasteiger partial charge in [0.1, 0.15) is 5.75 Å². The number of hydrogen-bond acceptors (Lipinski definition) is 5. The molecule has 0 unspecified atom stereocenters. The number of halogens is 3. The third-order valence-corrected chi connectivity index (χ3v) is 6.46. The minimum Gasteiger partial charge on any atom is -0.503 e. The first-order valence-corrected chi connectivity index (χ1v) is 11.0. The number of methoxy groups -OCH3 is 1. The number of benzene rings is 2. The number of amides is 1. The Morgan fingerprint density at radius 1 is 1.24 bits per heavy atom. The van der Waals surface area contributed by atoms with Gasteiger partial charge in [0.05, 0.1) is 22.3 Å². The zero-order valence-corrected chi connectivity index (χ0v) is 21.1. The van der Waals surface area contributed by atoms with Gasteiger partial charge in [-0.3, -0.25) is 4.79 Å². The van der Waals surface area contributed by atoms with E-state index in [2.05, 4.69) is 72.2 Å². The normalized spacial score (nSPS) is 11.2. The summed E-state index contributed by atoms with van der Waals surface area (Å²) in [7, 11) is 1.45. The van der Waals surface area contributed by atoms with E-state index in [1.54, 1.807) is 12.1 Å². The Balaban J connectivity index is 2.05. The van der Waals surface area contributed by atoms with Crippen molar-refractivity contribution in [3.63, 3.8) is 0 Å². The Bertz CT molecular complexity index is 946. The van der Waals surface area contributed by atoms with Crippen molar-refractivity contribution in [3.05, 3.63) is 48.3 Å². The predicted molar refractivity (Wildman–Crippen MR) is 124 cm³/mol. The van der Waals surface area contributed by atoms with Crippen molar-refractivity contribution in [1.29, 1.82) is 0 Å². The van der Waals surface area contributed by atoms with Gasteiger partial charge < -0.3 is 14.6 Å². The van der Waals surface area contributed by atoms with E-state index in [-0.39, 0.29) is 18.3 Å². The molecule has 0 spiro atoms. The fourth-order valence-corrected chi connectivity index (χ4v) is 4.19. The van der Waals surface area contributed by atoms with Crippen molar-refractivity contribution in [1.82, 2.24) is 5.43 Å². The Morgan fingerprint density at radius 2 is 1.93 bits per heavy atom. The van der Waals surface area contributed by atoms with E-state index in [1.165, 1.54) is 13.3 Å². The minimum atomic E-state index is -0.395. The number of ether oxygens (including phenoxy) is 2. The SMILES string of the molecule is COc1cc(/C=N/NC(=O)COc2c(C(C)C)cc(Br)c(C)c2Br)cc(Br)c1O. The van der Waals surface area contributed by atoms with Crippen LogP contribution < -0.4 is 14.9 Å². The van der Waals surface area contributed by atoms with Crippen molar-refractivity contribution < 1.29 is 19.4 Å². The van der Waals surface area contributed by atoms with Crippen LogP contribution >= 0.6 is 47.8 Å². The molecule has 0 atom stereocenters. The lowest BCUT2D eigenvalue weighted by atomic mass is 10.0. The van der Waals surface area contributed by atoms with Crippen LogP contribution in [0.4, 0.5) is 0 Å². The highest BCUT2D eigenvalue weighted by molar-refractivity contribution is 9.11. The monoisotopic (exact) mass is 590 g/mol. The number of carbonyl (C=O) groups excluding carboxylic acids is 1. The van der Waals surface area contributed by atoms with E-state index in [9.17, 15) is 9.90 Å². The highest BCUT2D eigenvalue weighted by Crippen LogP contribution is 2.40. The number of nitrogens with one attached hydrogen (secondary N) is 1. The van der Waals surface area contributed by atoms with Crippen LogP contribution in [0.5, 0.6) is 17.2 Å². The summed E-state index contributed by atoms with van der Waals surface area (Å²) in [4.78, 5) is 12.1. The lowest BCUT2D eigenvalue weighted by Gasteiger charge is -2.18. The van der Waals surface area contributed by atoms with Gasteiger partial charge in [0, 0.05) is 4.47 Å². The summed E-state index contributed by atoms with van der Waals surface area (Å²) in [5, 5.41) is 13.8. The van der Waals surface area contributed by atoms with Gasteiger partial charge in [0.2, 0.25) is 0 Å². The van der Waals surface area contributed by atoms with Gasteiger partial charge in [-0.2, -0.15) is 5.10 Å². The molecule has 0 aliphatic rings. The number of nitrogens with zero attached hydrogens (tertiary/aromatic N) is 1. The number of rotatable bonds is 7. The van der Waals surface area contributed by atoms with Crippen LogP contribution in [0.3, 0.4) is 0 Å². The molecule has 2 N–H and O–H groups in total. The maximum atomic E-state index is 12.1. The van der Waals surface area contributed by atoms with Crippen LogP contribution in [0, 0.1) is 6.92 Å². The molecule has 2 aromatic rings. The minimum absolute atomic E-state index is 0.00147. The van der Waals surface area contributed by atoms with Crippen molar-refractivity contribution in [2.24, 2.45) is 5.10 Å². The molecule has 9 heteroatoms. The van der Waals surface area contributed by atoms with E-state index in [1.807, 2.05) is 13.0 Å². The molecular weight excluding hydrogens is 572 g/mol. The summed E-state index contributed by atoms with van der Waals surface area (Å²) in [6.45, 7) is 5.90. The Kier molecular flexibility index (Phi) is 8.54. The zero-order valence-electron chi connectivity index (χ0n) is 16.3. The van der Waals surface area contributed by atoms with Crippen LogP contribution in [0.25, 0.3) is 0 Å². The topological polar surface area (TPSA) is 80.2 Å². The first-order valence-electron chi connectivity index (χ1n) is 8.65. The molecule has 0 aliphatic heterocycles. The Morgan fingerprint density at radius 3 is 2.55 bits per heavy atom. The third kappa shape index (κ3) is 5.96.